The van der Waals surface area contributed by atoms with Crippen LogP contribution in [0.1, 0.15) is 42.8 Å². The van der Waals surface area contributed by atoms with E-state index in [-0.39, 0.29) is 30.1 Å². The van der Waals surface area contributed by atoms with Gasteiger partial charge in [-0.05, 0) is 41.0 Å². The summed E-state index contributed by atoms with van der Waals surface area (Å²) in [6.07, 6.45) is 1.27. The zero-order chi connectivity index (χ0) is 18.9. The highest BCUT2D eigenvalue weighted by atomic mass is 127. The zero-order valence-electron chi connectivity index (χ0n) is 16.6. The van der Waals surface area contributed by atoms with E-state index in [4.69, 9.17) is 4.74 Å². The number of rotatable bonds is 7. The predicted octanol–water partition coefficient (Wildman–Crippen LogP) is 3.00. The van der Waals surface area contributed by atoms with Crippen molar-refractivity contribution in [2.45, 2.75) is 53.1 Å². The Kier molecular flexibility index (Phi) is 11.8. The van der Waals surface area contributed by atoms with Gasteiger partial charge >= 0.3 is 6.09 Å². The summed E-state index contributed by atoms with van der Waals surface area (Å²) in [4.78, 5) is 21.5. The van der Waals surface area contributed by atoms with E-state index in [2.05, 4.69) is 32.9 Å². The minimum absolute atomic E-state index is 0. The fourth-order valence-electron chi connectivity index (χ4n) is 1.95. The third-order valence-electron chi connectivity index (χ3n) is 3.24. The SMILES string of the molecule is CN=C(NCCCNC(=O)OC(C)(C)C)NCCc1nc(C)c(C)s1.I. The van der Waals surface area contributed by atoms with Crippen LogP contribution in [0, 0.1) is 13.8 Å². The molecule has 0 aliphatic carbocycles. The van der Waals surface area contributed by atoms with E-state index in [1.807, 2.05) is 27.7 Å². The quantitative estimate of drug-likeness (QED) is 0.233. The highest BCUT2D eigenvalue weighted by Crippen LogP contribution is 2.16. The van der Waals surface area contributed by atoms with Crippen molar-refractivity contribution in [1.29, 1.82) is 0 Å². The van der Waals surface area contributed by atoms with Gasteiger partial charge in [-0.25, -0.2) is 9.78 Å². The van der Waals surface area contributed by atoms with Crippen LogP contribution in [0.2, 0.25) is 0 Å². The van der Waals surface area contributed by atoms with Gasteiger partial charge in [0.2, 0.25) is 0 Å². The van der Waals surface area contributed by atoms with Crippen molar-refractivity contribution in [2.24, 2.45) is 4.99 Å². The number of ether oxygens (including phenoxy) is 1. The van der Waals surface area contributed by atoms with Crippen molar-refractivity contribution >= 4 is 47.4 Å². The van der Waals surface area contributed by atoms with Gasteiger partial charge in [0.1, 0.15) is 5.60 Å². The van der Waals surface area contributed by atoms with E-state index in [1.165, 1.54) is 4.88 Å². The number of aromatic nitrogens is 1. The number of halogens is 1. The smallest absolute Gasteiger partial charge is 0.407 e. The molecular weight excluding hydrogens is 465 g/mol. The van der Waals surface area contributed by atoms with Gasteiger partial charge in [0.05, 0.1) is 10.7 Å². The van der Waals surface area contributed by atoms with Crippen LogP contribution >= 0.6 is 35.3 Å². The van der Waals surface area contributed by atoms with Crippen LogP contribution < -0.4 is 16.0 Å². The van der Waals surface area contributed by atoms with E-state index in [1.54, 1.807) is 18.4 Å². The molecule has 0 saturated heterocycles. The molecule has 0 aromatic carbocycles. The Morgan fingerprint density at radius 3 is 2.31 bits per heavy atom. The van der Waals surface area contributed by atoms with Crippen LogP contribution in [-0.4, -0.2) is 49.3 Å². The number of thiazole rings is 1. The Morgan fingerprint density at radius 2 is 1.77 bits per heavy atom. The van der Waals surface area contributed by atoms with Gasteiger partial charge < -0.3 is 20.7 Å². The molecule has 150 valence electrons. The van der Waals surface area contributed by atoms with Crippen molar-refractivity contribution in [3.05, 3.63) is 15.6 Å². The number of amides is 1. The van der Waals surface area contributed by atoms with Crippen molar-refractivity contribution < 1.29 is 9.53 Å². The average Bonchev–Trinajstić information content (AvgIpc) is 2.81. The molecule has 7 nitrogen and oxygen atoms in total. The van der Waals surface area contributed by atoms with Crippen molar-refractivity contribution in [1.82, 2.24) is 20.9 Å². The molecule has 1 aromatic rings. The molecule has 1 heterocycles. The molecule has 1 rings (SSSR count). The van der Waals surface area contributed by atoms with Gasteiger partial charge in [-0.1, -0.05) is 0 Å². The number of hydrogen-bond donors (Lipinski definition) is 3. The van der Waals surface area contributed by atoms with Crippen LogP contribution in [-0.2, 0) is 11.2 Å². The Bertz CT molecular complexity index is 565. The number of aliphatic imine (C=N–C) groups is 1. The normalized spacial score (nSPS) is 11.5. The minimum atomic E-state index is -0.469. The Labute approximate surface area is 177 Å². The van der Waals surface area contributed by atoms with Gasteiger partial charge in [-0.2, -0.15) is 0 Å². The van der Waals surface area contributed by atoms with Gasteiger partial charge in [-0.3, -0.25) is 4.99 Å². The molecule has 0 aliphatic rings. The third kappa shape index (κ3) is 10.8. The molecule has 1 amide bonds. The fraction of sp³-hybridized carbons (Fsp3) is 0.706. The van der Waals surface area contributed by atoms with Gasteiger partial charge in [-0.15, -0.1) is 35.3 Å². The summed E-state index contributed by atoms with van der Waals surface area (Å²) >= 11 is 1.74. The summed E-state index contributed by atoms with van der Waals surface area (Å²) in [6.45, 7) is 11.7. The molecule has 0 bridgehead atoms. The van der Waals surface area contributed by atoms with E-state index in [9.17, 15) is 4.79 Å². The van der Waals surface area contributed by atoms with Gasteiger partial charge in [0, 0.05) is 38.0 Å². The minimum Gasteiger partial charge on any atom is -0.444 e. The molecule has 1 aromatic heterocycles. The summed E-state index contributed by atoms with van der Waals surface area (Å²) in [5.74, 6) is 0.752. The first-order valence-electron chi connectivity index (χ1n) is 8.55. The molecular formula is C17H32IN5O2S. The Balaban J connectivity index is 0.00000625. The monoisotopic (exact) mass is 497 g/mol. The molecule has 26 heavy (non-hydrogen) atoms. The molecule has 0 radical (unpaired) electrons. The lowest BCUT2D eigenvalue weighted by Gasteiger charge is -2.19. The zero-order valence-corrected chi connectivity index (χ0v) is 19.7. The maximum atomic E-state index is 11.5. The number of carbonyl (C=O) groups excluding carboxylic acids is 1. The van der Waals surface area contributed by atoms with E-state index < -0.39 is 5.60 Å². The molecule has 0 fully saturated rings. The summed E-state index contributed by atoms with van der Waals surface area (Å²) < 4.78 is 5.18. The van der Waals surface area contributed by atoms with Crippen LogP contribution in [0.15, 0.2) is 4.99 Å². The molecule has 0 saturated carbocycles. The number of hydrogen-bond acceptors (Lipinski definition) is 5. The largest absolute Gasteiger partial charge is 0.444 e. The Hall–Kier alpha value is -1.10. The molecule has 0 atom stereocenters. The first kappa shape index (κ1) is 24.9. The third-order valence-corrected chi connectivity index (χ3v) is 4.37. The van der Waals surface area contributed by atoms with E-state index >= 15 is 0 Å². The second-order valence-corrected chi connectivity index (χ2v) is 7.99. The number of guanidine groups is 1. The molecule has 0 aliphatic heterocycles. The molecule has 0 unspecified atom stereocenters. The first-order valence-corrected chi connectivity index (χ1v) is 9.37. The average molecular weight is 497 g/mol. The number of nitrogens with one attached hydrogen (secondary N) is 3. The molecule has 0 spiro atoms. The second-order valence-electron chi connectivity index (χ2n) is 6.71. The predicted molar refractivity (Wildman–Crippen MR) is 119 cm³/mol. The standard InChI is InChI=1S/C17H31N5O2S.HI/c1-12-13(2)25-14(22-12)8-11-20-15(18-6)19-9-7-10-21-16(23)24-17(3,4)5;/h7-11H2,1-6H3,(H,21,23)(H2,18,19,20);1H. The first-order chi connectivity index (χ1) is 11.7. The lowest BCUT2D eigenvalue weighted by molar-refractivity contribution is 0.0527. The van der Waals surface area contributed by atoms with Crippen LogP contribution in [0.4, 0.5) is 4.79 Å². The topological polar surface area (TPSA) is 87.6 Å². The maximum absolute atomic E-state index is 11.5. The maximum Gasteiger partial charge on any atom is 0.407 e. The van der Waals surface area contributed by atoms with E-state index in [0.29, 0.717) is 13.1 Å². The number of nitrogens with zero attached hydrogens (tertiary/aromatic N) is 2. The number of carbonyl (C=O) groups is 1. The van der Waals surface area contributed by atoms with Crippen LogP contribution in [0.5, 0.6) is 0 Å². The van der Waals surface area contributed by atoms with Gasteiger partial charge in [0.15, 0.2) is 5.96 Å². The van der Waals surface area contributed by atoms with Crippen molar-refractivity contribution in [3.63, 3.8) is 0 Å². The van der Waals surface area contributed by atoms with Crippen LogP contribution in [0.25, 0.3) is 0 Å². The second kappa shape index (κ2) is 12.3. The number of aryl methyl sites for hydroxylation is 2. The summed E-state index contributed by atoms with van der Waals surface area (Å²) in [5, 5.41) is 10.4. The van der Waals surface area contributed by atoms with Gasteiger partial charge in [0.25, 0.3) is 0 Å². The highest BCUT2D eigenvalue weighted by Gasteiger charge is 2.15. The summed E-state index contributed by atoms with van der Waals surface area (Å²) in [5.41, 5.74) is 0.642. The van der Waals surface area contributed by atoms with E-state index in [0.717, 1.165) is 36.0 Å². The summed E-state index contributed by atoms with van der Waals surface area (Å²) in [7, 11) is 1.74. The Morgan fingerprint density at radius 1 is 1.15 bits per heavy atom. The van der Waals surface area contributed by atoms with Crippen molar-refractivity contribution in [2.75, 3.05) is 26.7 Å². The van der Waals surface area contributed by atoms with Crippen LogP contribution in [0.3, 0.4) is 0 Å². The lowest BCUT2D eigenvalue weighted by Crippen LogP contribution is -2.40. The lowest BCUT2D eigenvalue weighted by atomic mass is 10.2. The van der Waals surface area contributed by atoms with Crippen molar-refractivity contribution in [3.8, 4) is 0 Å². The number of alkyl carbamates (subject to hydrolysis) is 1. The summed E-state index contributed by atoms with van der Waals surface area (Å²) in [6, 6.07) is 0. The fourth-order valence-corrected chi connectivity index (χ4v) is 2.89. The molecule has 9 heteroatoms. The molecule has 3 N–H and O–H groups in total. The highest BCUT2D eigenvalue weighted by molar-refractivity contribution is 14.0.